The number of hydrogen-bond acceptors (Lipinski definition) is 5. The molecule has 0 aliphatic carbocycles. The molecule has 4 rings (SSSR count). The summed E-state index contributed by atoms with van der Waals surface area (Å²) >= 11 is 0. The lowest BCUT2D eigenvalue weighted by Gasteiger charge is -2.18. The van der Waals surface area contributed by atoms with Gasteiger partial charge in [0.1, 0.15) is 0 Å². The van der Waals surface area contributed by atoms with Crippen molar-refractivity contribution in [1.29, 1.82) is 0 Å². The highest BCUT2D eigenvalue weighted by molar-refractivity contribution is 7.89. The van der Waals surface area contributed by atoms with Crippen LogP contribution in [0.5, 0.6) is 0 Å². The van der Waals surface area contributed by atoms with E-state index < -0.39 is 22.1 Å². The number of rotatable bonds is 9. The molecule has 176 valence electrons. The summed E-state index contributed by atoms with van der Waals surface area (Å²) in [5.74, 6) is -1.18. The van der Waals surface area contributed by atoms with Crippen LogP contribution in [-0.4, -0.2) is 20.2 Å². The number of ketones is 1. The second-order valence-corrected chi connectivity index (χ2v) is 9.53. The maximum Gasteiger partial charge on any atom is 0.339 e. The van der Waals surface area contributed by atoms with Crippen LogP contribution in [0.3, 0.4) is 0 Å². The summed E-state index contributed by atoms with van der Waals surface area (Å²) in [7, 11) is -3.88. The summed E-state index contributed by atoms with van der Waals surface area (Å²) < 4.78 is 33.8. The number of carbonyl (C=O) groups is 2. The van der Waals surface area contributed by atoms with Gasteiger partial charge in [0.2, 0.25) is 15.8 Å². The van der Waals surface area contributed by atoms with Crippen molar-refractivity contribution in [3.63, 3.8) is 0 Å². The molecule has 0 saturated heterocycles. The lowest BCUT2D eigenvalue weighted by atomic mass is 10.00. The first-order chi connectivity index (χ1) is 16.9. The lowest BCUT2D eigenvalue weighted by Crippen LogP contribution is -2.24. The smallest absolute Gasteiger partial charge is 0.339 e. The summed E-state index contributed by atoms with van der Waals surface area (Å²) in [6, 6.07) is 31.9. The molecule has 0 aliphatic heterocycles. The van der Waals surface area contributed by atoms with E-state index in [-0.39, 0.29) is 22.8 Å². The molecule has 4 aromatic rings. The summed E-state index contributed by atoms with van der Waals surface area (Å²) in [6.45, 7) is 0.111. The van der Waals surface area contributed by atoms with Crippen molar-refractivity contribution in [2.24, 2.45) is 0 Å². The maximum atomic E-state index is 13.2. The van der Waals surface area contributed by atoms with E-state index in [9.17, 15) is 18.0 Å². The Bertz CT molecular complexity index is 1410. The third-order valence-electron chi connectivity index (χ3n) is 5.31. The van der Waals surface area contributed by atoms with Crippen LogP contribution < -0.4 is 4.72 Å². The second-order valence-electron chi connectivity index (χ2n) is 7.76. The molecule has 1 atom stereocenters. The largest absolute Gasteiger partial charge is 0.445 e. The van der Waals surface area contributed by atoms with Crippen molar-refractivity contribution in [3.8, 4) is 0 Å². The fraction of sp³-hybridized carbons (Fsp3) is 0.0714. The van der Waals surface area contributed by atoms with E-state index in [1.165, 1.54) is 24.3 Å². The van der Waals surface area contributed by atoms with Crippen molar-refractivity contribution in [1.82, 2.24) is 4.72 Å². The average molecular weight is 486 g/mol. The molecule has 0 aliphatic rings. The molecular weight excluding hydrogens is 462 g/mol. The average Bonchev–Trinajstić information content (AvgIpc) is 2.92. The number of esters is 1. The molecule has 0 fully saturated rings. The molecule has 35 heavy (non-hydrogen) atoms. The number of sulfonamides is 1. The van der Waals surface area contributed by atoms with Crippen molar-refractivity contribution in [2.45, 2.75) is 17.5 Å². The third-order valence-corrected chi connectivity index (χ3v) is 6.71. The molecular formula is C28H23NO5S. The fourth-order valence-corrected chi connectivity index (χ4v) is 4.54. The standard InChI is InChI=1S/C28H23NO5S/c30-26(22-13-6-2-7-14-22)27(23-15-8-3-9-16-23)34-28(31)24-17-10-18-25(19-24)35(32,33)29-20-21-11-4-1-5-12-21/h1-19,27,29H,20H2/t27-/m1/s1. The first-order valence-corrected chi connectivity index (χ1v) is 12.4. The molecule has 0 radical (unpaired) electrons. The van der Waals surface area contributed by atoms with E-state index in [0.717, 1.165) is 5.56 Å². The molecule has 0 aromatic heterocycles. The van der Waals surface area contributed by atoms with Crippen LogP contribution in [0, 0.1) is 0 Å². The normalized spacial score (nSPS) is 12.0. The summed E-state index contributed by atoms with van der Waals surface area (Å²) in [5.41, 5.74) is 1.74. The quantitative estimate of drug-likeness (QED) is 0.268. The highest BCUT2D eigenvalue weighted by Crippen LogP contribution is 2.24. The number of ether oxygens (including phenoxy) is 1. The molecule has 4 aromatic carbocycles. The van der Waals surface area contributed by atoms with Gasteiger partial charge in [-0.2, -0.15) is 0 Å². The van der Waals surface area contributed by atoms with Gasteiger partial charge in [-0.15, -0.1) is 0 Å². The van der Waals surface area contributed by atoms with Crippen molar-refractivity contribution < 1.29 is 22.7 Å². The minimum absolute atomic E-state index is 0.0226. The minimum Gasteiger partial charge on any atom is -0.445 e. The van der Waals surface area contributed by atoms with E-state index in [1.807, 2.05) is 30.3 Å². The Labute approximate surface area is 204 Å². The summed E-state index contributed by atoms with van der Waals surface area (Å²) in [5, 5.41) is 0. The van der Waals surface area contributed by atoms with Crippen LogP contribution in [0.2, 0.25) is 0 Å². The number of carbonyl (C=O) groups excluding carboxylic acids is 2. The van der Waals surface area contributed by atoms with Gasteiger partial charge in [0.25, 0.3) is 0 Å². The Morgan fingerprint density at radius 1 is 0.714 bits per heavy atom. The number of benzene rings is 4. The van der Waals surface area contributed by atoms with E-state index in [0.29, 0.717) is 11.1 Å². The second kappa shape index (κ2) is 10.9. The van der Waals surface area contributed by atoms with Crippen molar-refractivity contribution in [2.75, 3.05) is 0 Å². The molecule has 0 spiro atoms. The lowest BCUT2D eigenvalue weighted by molar-refractivity contribution is 0.0280. The monoisotopic (exact) mass is 485 g/mol. The Balaban J connectivity index is 1.56. The minimum atomic E-state index is -3.88. The van der Waals surface area contributed by atoms with Crippen LogP contribution in [0.25, 0.3) is 0 Å². The fourth-order valence-electron chi connectivity index (χ4n) is 3.48. The highest BCUT2D eigenvalue weighted by Gasteiger charge is 2.27. The predicted molar refractivity (Wildman–Crippen MR) is 132 cm³/mol. The molecule has 0 amide bonds. The van der Waals surface area contributed by atoms with E-state index in [4.69, 9.17) is 4.74 Å². The van der Waals surface area contributed by atoms with Gasteiger partial charge < -0.3 is 4.74 Å². The van der Waals surface area contributed by atoms with Crippen LogP contribution in [0.15, 0.2) is 120 Å². The zero-order valence-electron chi connectivity index (χ0n) is 18.7. The van der Waals surface area contributed by atoms with E-state index >= 15 is 0 Å². The number of Topliss-reactive ketones (excluding diaryl/α,β-unsaturated/α-hetero) is 1. The van der Waals surface area contributed by atoms with Gasteiger partial charge in [-0.3, -0.25) is 4.79 Å². The Morgan fingerprint density at radius 3 is 1.94 bits per heavy atom. The van der Waals surface area contributed by atoms with Gasteiger partial charge in [0.15, 0.2) is 6.10 Å². The van der Waals surface area contributed by atoms with Gasteiger partial charge >= 0.3 is 5.97 Å². The first-order valence-electron chi connectivity index (χ1n) is 10.9. The Hall–Kier alpha value is -4.07. The molecule has 7 heteroatoms. The molecule has 0 saturated carbocycles. The summed E-state index contributed by atoms with van der Waals surface area (Å²) in [4.78, 5) is 26.1. The van der Waals surface area contributed by atoms with Crippen molar-refractivity contribution >= 4 is 21.8 Å². The van der Waals surface area contributed by atoms with Crippen LogP contribution in [0.1, 0.15) is 37.9 Å². The van der Waals surface area contributed by atoms with Gasteiger partial charge in [0.05, 0.1) is 10.5 Å². The molecule has 0 heterocycles. The number of hydrogen-bond donors (Lipinski definition) is 1. The molecule has 0 unspecified atom stereocenters. The molecule has 6 nitrogen and oxygen atoms in total. The van der Waals surface area contributed by atoms with Crippen LogP contribution >= 0.6 is 0 Å². The predicted octanol–water partition coefficient (Wildman–Crippen LogP) is 4.95. The molecule has 0 bridgehead atoms. The molecule has 1 N–H and O–H groups in total. The van der Waals surface area contributed by atoms with Crippen LogP contribution in [0.4, 0.5) is 0 Å². The van der Waals surface area contributed by atoms with Gasteiger partial charge in [-0.25, -0.2) is 17.9 Å². The highest BCUT2D eigenvalue weighted by atomic mass is 32.2. The van der Waals surface area contributed by atoms with Crippen LogP contribution in [-0.2, 0) is 21.3 Å². The maximum absolute atomic E-state index is 13.2. The SMILES string of the molecule is O=C(O[C@@H](C(=O)c1ccccc1)c1ccccc1)c1cccc(S(=O)(=O)NCc2ccccc2)c1. The summed E-state index contributed by atoms with van der Waals surface area (Å²) in [6.07, 6.45) is -1.18. The van der Waals surface area contributed by atoms with Gasteiger partial charge in [-0.05, 0) is 23.8 Å². The first kappa shape index (κ1) is 24.1. The zero-order chi connectivity index (χ0) is 24.7. The van der Waals surface area contributed by atoms with E-state index in [1.54, 1.807) is 60.7 Å². The Kier molecular flexibility index (Phi) is 7.50. The third kappa shape index (κ3) is 6.09. The Morgan fingerprint density at radius 2 is 1.29 bits per heavy atom. The van der Waals surface area contributed by atoms with Gasteiger partial charge in [-0.1, -0.05) is 97.1 Å². The zero-order valence-corrected chi connectivity index (χ0v) is 19.5. The topological polar surface area (TPSA) is 89.5 Å². The number of nitrogens with one attached hydrogen (secondary N) is 1. The van der Waals surface area contributed by atoms with Gasteiger partial charge in [0, 0.05) is 17.7 Å². The van der Waals surface area contributed by atoms with Crippen molar-refractivity contribution in [3.05, 3.63) is 138 Å². The van der Waals surface area contributed by atoms with E-state index in [2.05, 4.69) is 4.72 Å².